The van der Waals surface area contributed by atoms with Gasteiger partial charge in [-0.3, -0.25) is 0 Å². The van der Waals surface area contributed by atoms with E-state index >= 15 is 0 Å². The summed E-state index contributed by atoms with van der Waals surface area (Å²) >= 11 is 0. The molecule has 43 heavy (non-hydrogen) atoms. The average Bonchev–Trinajstić information content (AvgIpc) is 3.80. The second-order valence-corrected chi connectivity index (χ2v) is 22.4. The molecule has 1 fully saturated rings. The molecule has 1 aliphatic carbocycles. The zero-order chi connectivity index (χ0) is 30.3. The third-order valence-corrected chi connectivity index (χ3v) is 19.2. The first-order valence-electron chi connectivity index (χ1n) is 15.5. The summed E-state index contributed by atoms with van der Waals surface area (Å²) in [6.45, 7) is 14.0. The molecular formula is C38H44O3Si2. The molecule has 2 aliphatic rings. The highest BCUT2D eigenvalue weighted by molar-refractivity contribution is 7.00. The molecule has 0 unspecified atom stereocenters. The number of epoxide rings is 1. The second-order valence-electron chi connectivity index (χ2n) is 13.9. The van der Waals surface area contributed by atoms with Crippen molar-refractivity contribution in [3.8, 4) is 0 Å². The van der Waals surface area contributed by atoms with Gasteiger partial charge in [-0.15, -0.1) is 0 Å². The summed E-state index contributed by atoms with van der Waals surface area (Å²) < 4.78 is 21.8. The number of hydrogen-bond acceptors (Lipinski definition) is 3. The highest BCUT2D eigenvalue weighted by Crippen LogP contribution is 2.45. The summed E-state index contributed by atoms with van der Waals surface area (Å²) in [5, 5.41) is 4.78. The minimum atomic E-state index is -2.85. The molecule has 4 atom stereocenters. The molecule has 0 spiro atoms. The Morgan fingerprint density at radius 2 is 0.837 bits per heavy atom. The van der Waals surface area contributed by atoms with Gasteiger partial charge in [0.15, 0.2) is 0 Å². The van der Waals surface area contributed by atoms with Gasteiger partial charge < -0.3 is 13.6 Å². The van der Waals surface area contributed by atoms with Crippen LogP contribution in [0.1, 0.15) is 41.5 Å². The first-order chi connectivity index (χ1) is 20.6. The molecule has 1 saturated heterocycles. The van der Waals surface area contributed by atoms with Crippen molar-refractivity contribution >= 4 is 37.4 Å². The molecule has 3 nitrogen and oxygen atoms in total. The summed E-state index contributed by atoms with van der Waals surface area (Å²) in [4.78, 5) is 0. The van der Waals surface area contributed by atoms with Crippen molar-refractivity contribution in [2.24, 2.45) is 0 Å². The van der Waals surface area contributed by atoms with Crippen LogP contribution in [0.5, 0.6) is 0 Å². The molecular weight excluding hydrogens is 561 g/mol. The summed E-state index contributed by atoms with van der Waals surface area (Å²) in [7, 11) is -5.69. The Labute approximate surface area is 259 Å². The molecule has 222 valence electrons. The van der Waals surface area contributed by atoms with Crippen LogP contribution in [0.3, 0.4) is 0 Å². The fourth-order valence-corrected chi connectivity index (χ4v) is 16.4. The van der Waals surface area contributed by atoms with Crippen LogP contribution in [0.25, 0.3) is 0 Å². The fraction of sp³-hybridized carbons (Fsp3) is 0.316. The maximum absolute atomic E-state index is 7.77. The van der Waals surface area contributed by atoms with Crippen LogP contribution in [0.2, 0.25) is 10.1 Å². The van der Waals surface area contributed by atoms with Gasteiger partial charge in [-0.25, -0.2) is 0 Å². The Morgan fingerprint density at radius 3 is 1.19 bits per heavy atom. The van der Waals surface area contributed by atoms with E-state index in [0.29, 0.717) is 0 Å². The lowest BCUT2D eigenvalue weighted by atomic mass is 10.0. The van der Waals surface area contributed by atoms with Crippen LogP contribution >= 0.6 is 0 Å². The zero-order valence-electron chi connectivity index (χ0n) is 26.2. The zero-order valence-corrected chi connectivity index (χ0v) is 28.2. The van der Waals surface area contributed by atoms with E-state index in [-0.39, 0.29) is 34.5 Å². The average molecular weight is 605 g/mol. The lowest BCUT2D eigenvalue weighted by Gasteiger charge is -2.49. The van der Waals surface area contributed by atoms with Crippen molar-refractivity contribution < 1.29 is 13.6 Å². The maximum atomic E-state index is 7.77. The van der Waals surface area contributed by atoms with Gasteiger partial charge in [0.05, 0.1) is 6.10 Å². The highest BCUT2D eigenvalue weighted by Gasteiger charge is 2.60. The van der Waals surface area contributed by atoms with Crippen LogP contribution < -0.4 is 20.7 Å². The smallest absolute Gasteiger partial charge is 0.262 e. The molecule has 0 amide bonds. The number of rotatable bonds is 8. The Bertz CT molecular complexity index is 1450. The Kier molecular flexibility index (Phi) is 7.99. The van der Waals surface area contributed by atoms with Gasteiger partial charge in [-0.1, -0.05) is 175 Å². The lowest BCUT2D eigenvalue weighted by Crippen LogP contribution is -2.71. The highest BCUT2D eigenvalue weighted by atomic mass is 28.4. The minimum absolute atomic E-state index is 0.0325. The monoisotopic (exact) mass is 604 g/mol. The van der Waals surface area contributed by atoms with Crippen LogP contribution in [0.15, 0.2) is 133 Å². The molecule has 1 aliphatic heterocycles. The molecule has 5 heteroatoms. The van der Waals surface area contributed by atoms with Gasteiger partial charge in [0.25, 0.3) is 16.6 Å². The van der Waals surface area contributed by atoms with E-state index in [4.69, 9.17) is 13.6 Å². The number of benzene rings is 4. The third kappa shape index (κ3) is 5.32. The molecule has 0 aromatic heterocycles. The van der Waals surface area contributed by atoms with Gasteiger partial charge in [0.1, 0.15) is 18.3 Å². The Morgan fingerprint density at radius 1 is 0.488 bits per heavy atom. The largest absolute Gasteiger partial charge is 0.399 e. The molecule has 0 saturated carbocycles. The molecule has 4 aromatic rings. The first kappa shape index (κ1) is 30.0. The number of ether oxygens (including phenoxy) is 1. The third-order valence-electron chi connectivity index (χ3n) is 9.16. The van der Waals surface area contributed by atoms with E-state index in [1.165, 1.54) is 20.7 Å². The van der Waals surface area contributed by atoms with E-state index in [0.717, 1.165) is 0 Å². The quantitative estimate of drug-likeness (QED) is 0.136. The van der Waals surface area contributed by atoms with E-state index in [1.54, 1.807) is 0 Å². The fourth-order valence-electron chi connectivity index (χ4n) is 7.10. The summed E-state index contributed by atoms with van der Waals surface area (Å²) in [5.74, 6) is 0. The lowest BCUT2D eigenvalue weighted by molar-refractivity contribution is 0.0481. The van der Waals surface area contributed by atoms with Crippen LogP contribution in [-0.4, -0.2) is 41.1 Å². The minimum Gasteiger partial charge on any atom is -0.399 e. The SMILES string of the molecule is CC(C)(C)[Si](O[C@@H]1[C@@H]2O[C@@H]2C=C[C@@H]1O[Si](c1ccccc1)(c1ccccc1)C(C)(C)C)(c1ccccc1)c1ccccc1. The summed E-state index contributed by atoms with van der Waals surface area (Å²) in [6.07, 6.45) is 3.95. The van der Waals surface area contributed by atoms with Gasteiger partial charge >= 0.3 is 0 Å². The molecule has 0 radical (unpaired) electrons. The molecule has 0 bridgehead atoms. The molecule has 0 N–H and O–H groups in total. The van der Waals surface area contributed by atoms with Gasteiger partial charge in [0.2, 0.25) is 0 Å². The normalized spacial score (nSPS) is 22.2. The van der Waals surface area contributed by atoms with Crippen LogP contribution in [-0.2, 0) is 13.6 Å². The van der Waals surface area contributed by atoms with E-state index in [2.05, 4.69) is 175 Å². The summed E-state index contributed by atoms with van der Waals surface area (Å²) in [5.41, 5.74) is 0. The summed E-state index contributed by atoms with van der Waals surface area (Å²) in [6, 6.07) is 43.5. The second kappa shape index (κ2) is 11.5. The Balaban J connectivity index is 1.51. The molecule has 6 rings (SSSR count). The molecule has 4 aromatic carbocycles. The van der Waals surface area contributed by atoms with Gasteiger partial charge in [0, 0.05) is 0 Å². The number of hydrogen-bond donors (Lipinski definition) is 0. The topological polar surface area (TPSA) is 31.0 Å². The van der Waals surface area contributed by atoms with Crippen molar-refractivity contribution in [1.29, 1.82) is 0 Å². The standard InChI is InChI=1S/C38H44O3Si2/c1-37(2,3)42(29-19-11-7-12-20-29,30-21-13-8-14-22-30)40-34-28-27-33-35(39-33)36(34)41-43(38(4,5)6,31-23-15-9-16-24-31)32-25-17-10-18-26-32/h7-28,33-36H,1-6H3/t33-,34+,35-,36+/m1/s1. The Hall–Kier alpha value is -3.07. The van der Waals surface area contributed by atoms with Gasteiger partial charge in [-0.2, -0.15) is 0 Å². The predicted octanol–water partition coefficient (Wildman–Crippen LogP) is 6.21. The molecule has 1 heterocycles. The first-order valence-corrected chi connectivity index (χ1v) is 19.3. The van der Waals surface area contributed by atoms with Crippen LogP contribution in [0, 0.1) is 0 Å². The van der Waals surface area contributed by atoms with E-state index in [1.807, 2.05) is 0 Å². The maximum Gasteiger partial charge on any atom is 0.262 e. The van der Waals surface area contributed by atoms with Crippen molar-refractivity contribution in [2.75, 3.05) is 0 Å². The van der Waals surface area contributed by atoms with Crippen molar-refractivity contribution in [3.05, 3.63) is 133 Å². The van der Waals surface area contributed by atoms with E-state index in [9.17, 15) is 0 Å². The van der Waals surface area contributed by atoms with Gasteiger partial charge in [-0.05, 0) is 30.8 Å². The van der Waals surface area contributed by atoms with Crippen LogP contribution in [0.4, 0.5) is 0 Å². The van der Waals surface area contributed by atoms with Crippen molar-refractivity contribution in [1.82, 2.24) is 0 Å². The van der Waals surface area contributed by atoms with Crippen molar-refractivity contribution in [2.45, 2.75) is 76.0 Å². The van der Waals surface area contributed by atoms with Crippen molar-refractivity contribution in [3.63, 3.8) is 0 Å². The number of fused-ring (bicyclic) bond motifs is 1. The van der Waals surface area contributed by atoms with E-state index < -0.39 is 16.6 Å². The predicted molar refractivity (Wildman–Crippen MR) is 183 cm³/mol.